The van der Waals surface area contributed by atoms with Gasteiger partial charge in [0, 0.05) is 5.56 Å². The van der Waals surface area contributed by atoms with Crippen LogP contribution in [0.3, 0.4) is 0 Å². The van der Waals surface area contributed by atoms with Gasteiger partial charge in [0.25, 0.3) is 0 Å². The van der Waals surface area contributed by atoms with Crippen molar-refractivity contribution in [1.82, 2.24) is 9.78 Å². The van der Waals surface area contributed by atoms with Crippen LogP contribution in [0.25, 0.3) is 16.9 Å². The minimum Gasteiger partial charge on any atom is -0.396 e. The summed E-state index contributed by atoms with van der Waals surface area (Å²) in [6.45, 7) is 0. The molecule has 0 aliphatic carbocycles. The maximum absolute atomic E-state index is 13.3. The summed E-state index contributed by atoms with van der Waals surface area (Å²) < 4.78 is 14.8. The van der Waals surface area contributed by atoms with Crippen molar-refractivity contribution in [2.24, 2.45) is 0 Å². The second-order valence-electron chi connectivity index (χ2n) is 4.46. The quantitative estimate of drug-likeness (QED) is 0.751. The Balaban J connectivity index is 2.12. The van der Waals surface area contributed by atoms with E-state index in [9.17, 15) is 4.39 Å². The summed E-state index contributed by atoms with van der Waals surface area (Å²) in [6, 6.07) is 11.3. The molecular weight excluding hydrogens is 312 g/mol. The summed E-state index contributed by atoms with van der Waals surface area (Å²) in [5, 5.41) is 5.18. The molecule has 0 saturated heterocycles. The molecule has 0 spiro atoms. The van der Waals surface area contributed by atoms with Crippen LogP contribution in [0.15, 0.2) is 48.7 Å². The van der Waals surface area contributed by atoms with Crippen molar-refractivity contribution in [3.8, 4) is 16.9 Å². The Bertz CT molecular complexity index is 814. The minimum atomic E-state index is -0.344. The van der Waals surface area contributed by atoms with E-state index in [4.69, 9.17) is 28.9 Å². The summed E-state index contributed by atoms with van der Waals surface area (Å²) in [7, 11) is 0. The summed E-state index contributed by atoms with van der Waals surface area (Å²) in [5.41, 5.74) is 8.14. The summed E-state index contributed by atoms with van der Waals surface area (Å²) in [5.74, 6) is -0.344. The van der Waals surface area contributed by atoms with E-state index in [1.54, 1.807) is 36.5 Å². The SMILES string of the molecule is Nc1cn(-c2cccc(F)c2)nc1-c1cccc(Cl)c1Cl. The largest absolute Gasteiger partial charge is 0.396 e. The molecule has 0 amide bonds. The van der Waals surface area contributed by atoms with Crippen molar-refractivity contribution in [2.75, 3.05) is 5.73 Å². The number of hydrogen-bond donors (Lipinski definition) is 1. The molecule has 21 heavy (non-hydrogen) atoms. The molecule has 1 heterocycles. The molecule has 0 fully saturated rings. The number of benzene rings is 2. The van der Waals surface area contributed by atoms with E-state index in [0.717, 1.165) is 0 Å². The summed E-state index contributed by atoms with van der Waals surface area (Å²) in [6.07, 6.45) is 1.61. The Morgan fingerprint density at radius 2 is 1.86 bits per heavy atom. The zero-order valence-corrected chi connectivity index (χ0v) is 12.2. The van der Waals surface area contributed by atoms with Gasteiger partial charge in [-0.1, -0.05) is 41.4 Å². The lowest BCUT2D eigenvalue weighted by Crippen LogP contribution is -1.95. The van der Waals surface area contributed by atoms with Crippen molar-refractivity contribution in [2.45, 2.75) is 0 Å². The number of hydrogen-bond acceptors (Lipinski definition) is 2. The van der Waals surface area contributed by atoms with Crippen molar-refractivity contribution < 1.29 is 4.39 Å². The molecule has 0 aliphatic heterocycles. The molecular formula is C15H10Cl2FN3. The highest BCUT2D eigenvalue weighted by atomic mass is 35.5. The fourth-order valence-corrected chi connectivity index (χ4v) is 2.42. The van der Waals surface area contributed by atoms with E-state index in [-0.39, 0.29) is 5.82 Å². The number of nitrogens with two attached hydrogens (primary N) is 1. The maximum Gasteiger partial charge on any atom is 0.125 e. The molecule has 2 N–H and O–H groups in total. The van der Waals surface area contributed by atoms with Crippen molar-refractivity contribution >= 4 is 28.9 Å². The second kappa shape index (κ2) is 5.39. The first kappa shape index (κ1) is 13.9. The molecule has 0 atom stereocenters. The van der Waals surface area contributed by atoms with E-state index in [1.165, 1.54) is 16.8 Å². The van der Waals surface area contributed by atoms with Gasteiger partial charge in [-0.2, -0.15) is 5.10 Å². The summed E-state index contributed by atoms with van der Waals surface area (Å²) in [4.78, 5) is 0. The van der Waals surface area contributed by atoms with Gasteiger partial charge in [0.1, 0.15) is 11.5 Å². The predicted octanol–water partition coefficient (Wildman–Crippen LogP) is 4.57. The fraction of sp³-hybridized carbons (Fsp3) is 0. The Morgan fingerprint density at radius 1 is 1.10 bits per heavy atom. The predicted molar refractivity (Wildman–Crippen MR) is 83.4 cm³/mol. The Morgan fingerprint density at radius 3 is 2.62 bits per heavy atom. The number of anilines is 1. The van der Waals surface area contributed by atoms with Gasteiger partial charge in [-0.3, -0.25) is 0 Å². The number of nitrogen functional groups attached to an aromatic ring is 1. The van der Waals surface area contributed by atoms with Gasteiger partial charge < -0.3 is 5.73 Å². The number of nitrogens with zero attached hydrogens (tertiary/aromatic N) is 2. The van der Waals surface area contributed by atoms with E-state index in [2.05, 4.69) is 5.10 Å². The Kier molecular flexibility index (Phi) is 3.57. The van der Waals surface area contributed by atoms with Gasteiger partial charge in [-0.25, -0.2) is 9.07 Å². The van der Waals surface area contributed by atoms with Gasteiger partial charge >= 0.3 is 0 Å². The van der Waals surface area contributed by atoms with Crippen LogP contribution in [0.5, 0.6) is 0 Å². The zero-order chi connectivity index (χ0) is 15.0. The second-order valence-corrected chi connectivity index (χ2v) is 5.24. The lowest BCUT2D eigenvalue weighted by molar-refractivity contribution is 0.625. The Labute approximate surface area is 130 Å². The van der Waals surface area contributed by atoms with E-state index < -0.39 is 0 Å². The lowest BCUT2D eigenvalue weighted by atomic mass is 10.1. The van der Waals surface area contributed by atoms with Crippen LogP contribution in [0.4, 0.5) is 10.1 Å². The first-order valence-electron chi connectivity index (χ1n) is 6.12. The summed E-state index contributed by atoms with van der Waals surface area (Å²) >= 11 is 12.2. The molecule has 3 rings (SSSR count). The molecule has 0 unspecified atom stereocenters. The first-order chi connectivity index (χ1) is 10.1. The van der Waals surface area contributed by atoms with Crippen molar-refractivity contribution in [3.63, 3.8) is 0 Å². The number of rotatable bonds is 2. The van der Waals surface area contributed by atoms with E-state index in [0.29, 0.717) is 32.7 Å². The highest BCUT2D eigenvalue weighted by Gasteiger charge is 2.14. The van der Waals surface area contributed by atoms with E-state index >= 15 is 0 Å². The third kappa shape index (κ3) is 2.60. The molecule has 0 aliphatic rings. The molecule has 106 valence electrons. The topological polar surface area (TPSA) is 43.8 Å². The highest BCUT2D eigenvalue weighted by Crippen LogP contribution is 2.35. The third-order valence-electron chi connectivity index (χ3n) is 3.02. The van der Waals surface area contributed by atoms with Crippen molar-refractivity contribution in [3.05, 3.63) is 64.5 Å². The lowest BCUT2D eigenvalue weighted by Gasteiger charge is -2.04. The molecule has 1 aromatic heterocycles. The maximum atomic E-state index is 13.3. The molecule has 2 aromatic carbocycles. The van der Waals surface area contributed by atoms with Crippen LogP contribution in [0.2, 0.25) is 10.0 Å². The highest BCUT2D eigenvalue weighted by molar-refractivity contribution is 6.43. The third-order valence-corrected chi connectivity index (χ3v) is 3.84. The monoisotopic (exact) mass is 321 g/mol. The van der Waals surface area contributed by atoms with Crippen LogP contribution in [0.1, 0.15) is 0 Å². The number of aromatic nitrogens is 2. The van der Waals surface area contributed by atoms with Crippen LogP contribution < -0.4 is 5.73 Å². The van der Waals surface area contributed by atoms with Gasteiger partial charge in [0.05, 0.1) is 27.6 Å². The number of halogens is 3. The standard InChI is InChI=1S/C15H10Cl2FN3/c16-12-6-2-5-11(14(12)17)15-13(19)8-21(20-15)10-4-1-3-9(18)7-10/h1-8H,19H2. The molecule has 3 nitrogen and oxygen atoms in total. The van der Waals surface area contributed by atoms with Crippen LogP contribution in [-0.2, 0) is 0 Å². The molecule has 3 aromatic rings. The Hall–Kier alpha value is -2.04. The molecule has 0 bridgehead atoms. The zero-order valence-electron chi connectivity index (χ0n) is 10.7. The van der Waals surface area contributed by atoms with Gasteiger partial charge in [0.15, 0.2) is 0 Å². The first-order valence-corrected chi connectivity index (χ1v) is 6.87. The normalized spacial score (nSPS) is 10.8. The minimum absolute atomic E-state index is 0.344. The fourth-order valence-electron chi connectivity index (χ4n) is 2.03. The van der Waals surface area contributed by atoms with Gasteiger partial charge in [-0.05, 0) is 24.3 Å². The molecule has 0 saturated carbocycles. The molecule has 0 radical (unpaired) electrons. The average molecular weight is 322 g/mol. The molecule has 6 heteroatoms. The smallest absolute Gasteiger partial charge is 0.125 e. The van der Waals surface area contributed by atoms with Crippen LogP contribution in [-0.4, -0.2) is 9.78 Å². The van der Waals surface area contributed by atoms with Crippen LogP contribution in [0, 0.1) is 5.82 Å². The van der Waals surface area contributed by atoms with Gasteiger partial charge in [-0.15, -0.1) is 0 Å². The van der Waals surface area contributed by atoms with Crippen molar-refractivity contribution in [1.29, 1.82) is 0 Å². The van der Waals surface area contributed by atoms with E-state index in [1.807, 2.05) is 0 Å². The van der Waals surface area contributed by atoms with Crippen LogP contribution >= 0.6 is 23.2 Å². The average Bonchev–Trinajstić information content (AvgIpc) is 2.84. The van der Waals surface area contributed by atoms with Gasteiger partial charge in [0.2, 0.25) is 0 Å².